The van der Waals surface area contributed by atoms with Gasteiger partial charge in [0.15, 0.2) is 0 Å². The average Bonchev–Trinajstić information content (AvgIpc) is 2.99. The maximum atomic E-state index is 2.26. The van der Waals surface area contributed by atoms with Gasteiger partial charge in [-0.3, -0.25) is 0 Å². The van der Waals surface area contributed by atoms with Crippen LogP contribution in [0.4, 0.5) is 0 Å². The molecular weight excluding hydrogens is 464 g/mol. The molecule has 0 saturated heterocycles. The van der Waals surface area contributed by atoms with Crippen molar-refractivity contribution in [3.05, 3.63) is 158 Å². The lowest BCUT2D eigenvalue weighted by Crippen LogP contribution is -1.90. The quantitative estimate of drug-likeness (QED) is 0.224. The minimum atomic E-state index is 1.22. The second-order valence-corrected chi connectivity index (χ2v) is 10.1. The third kappa shape index (κ3) is 5.14. The average molecular weight is 491 g/mol. The Morgan fingerprint density at radius 1 is 0.270 bits per heavy atom. The molecule has 176 valence electrons. The second kappa shape index (κ2) is 10.7. The van der Waals surface area contributed by atoms with E-state index in [1.165, 1.54) is 54.3 Å². The smallest absolute Gasteiger partial charge is 0.0122 e. The summed E-state index contributed by atoms with van der Waals surface area (Å²) in [5.41, 5.74) is 9.93. The molecular formula is C36H26S. The highest BCUT2D eigenvalue weighted by atomic mass is 32.2. The second-order valence-electron chi connectivity index (χ2n) is 8.98. The molecule has 6 aromatic rings. The van der Waals surface area contributed by atoms with Crippen LogP contribution >= 0.6 is 11.8 Å². The Bertz CT molecular complexity index is 1530. The first-order valence-electron chi connectivity index (χ1n) is 12.5. The third-order valence-electron chi connectivity index (χ3n) is 6.57. The molecule has 0 aliphatic rings. The first-order chi connectivity index (χ1) is 18.3. The summed E-state index contributed by atoms with van der Waals surface area (Å²) in [6.07, 6.45) is 0. The standard InChI is InChI=1S/C36H26S/c1-4-11-27(12-5-1)28-19-23-32(24-20-28)37-33-25-21-31(22-26-33)36-34(29-13-6-2-7-14-29)17-10-18-35(36)30-15-8-3-9-16-30/h1-26H. The van der Waals surface area contributed by atoms with Crippen molar-refractivity contribution in [3.8, 4) is 44.5 Å². The van der Waals surface area contributed by atoms with Gasteiger partial charge in [-0.1, -0.05) is 145 Å². The molecule has 0 N–H and O–H groups in total. The summed E-state index contributed by atoms with van der Waals surface area (Å²) in [7, 11) is 0. The molecule has 37 heavy (non-hydrogen) atoms. The van der Waals surface area contributed by atoms with Crippen molar-refractivity contribution in [1.82, 2.24) is 0 Å². The first-order valence-corrected chi connectivity index (χ1v) is 13.3. The lowest BCUT2D eigenvalue weighted by molar-refractivity contribution is 1.40. The van der Waals surface area contributed by atoms with Gasteiger partial charge in [0.2, 0.25) is 0 Å². The van der Waals surface area contributed by atoms with Gasteiger partial charge in [-0.05, 0) is 68.8 Å². The lowest BCUT2D eigenvalue weighted by atomic mass is 9.88. The molecule has 0 amide bonds. The van der Waals surface area contributed by atoms with Crippen LogP contribution in [0.5, 0.6) is 0 Å². The Morgan fingerprint density at radius 2 is 0.649 bits per heavy atom. The van der Waals surface area contributed by atoms with Crippen molar-refractivity contribution in [1.29, 1.82) is 0 Å². The van der Waals surface area contributed by atoms with E-state index in [0.29, 0.717) is 0 Å². The normalized spacial score (nSPS) is 10.8. The topological polar surface area (TPSA) is 0 Å². The molecule has 6 aromatic carbocycles. The van der Waals surface area contributed by atoms with Crippen molar-refractivity contribution in [2.45, 2.75) is 9.79 Å². The molecule has 1 heteroatoms. The fourth-order valence-corrected chi connectivity index (χ4v) is 5.57. The van der Waals surface area contributed by atoms with Crippen LogP contribution in [0.25, 0.3) is 44.5 Å². The first kappa shape index (κ1) is 23.1. The maximum absolute atomic E-state index is 2.26. The Morgan fingerprint density at radius 3 is 1.11 bits per heavy atom. The van der Waals surface area contributed by atoms with Crippen LogP contribution in [0.3, 0.4) is 0 Å². The van der Waals surface area contributed by atoms with E-state index in [1.54, 1.807) is 11.8 Å². The summed E-state index contributed by atoms with van der Waals surface area (Å²) in [6, 6.07) is 56.3. The molecule has 0 heterocycles. The molecule has 0 aliphatic heterocycles. The Hall–Kier alpha value is -4.33. The molecule has 0 saturated carbocycles. The van der Waals surface area contributed by atoms with Crippen LogP contribution in [0.15, 0.2) is 168 Å². The zero-order chi connectivity index (χ0) is 24.9. The van der Waals surface area contributed by atoms with E-state index >= 15 is 0 Å². The summed E-state index contributed by atoms with van der Waals surface area (Å²) in [4.78, 5) is 2.47. The van der Waals surface area contributed by atoms with Gasteiger partial charge in [0, 0.05) is 9.79 Å². The highest BCUT2D eigenvalue weighted by Gasteiger charge is 2.14. The van der Waals surface area contributed by atoms with Gasteiger partial charge in [-0.15, -0.1) is 0 Å². The maximum Gasteiger partial charge on any atom is 0.0122 e. The minimum absolute atomic E-state index is 1.22. The van der Waals surface area contributed by atoms with Crippen molar-refractivity contribution in [2.75, 3.05) is 0 Å². The number of hydrogen-bond acceptors (Lipinski definition) is 1. The van der Waals surface area contributed by atoms with E-state index in [2.05, 4.69) is 158 Å². The highest BCUT2D eigenvalue weighted by Crippen LogP contribution is 2.41. The van der Waals surface area contributed by atoms with Crippen molar-refractivity contribution in [2.24, 2.45) is 0 Å². The summed E-state index contributed by atoms with van der Waals surface area (Å²) in [5, 5.41) is 0. The largest absolute Gasteiger partial charge is 0.0901 e. The molecule has 0 spiro atoms. The van der Waals surface area contributed by atoms with Crippen LogP contribution in [0.1, 0.15) is 0 Å². The van der Waals surface area contributed by atoms with Crippen LogP contribution in [0, 0.1) is 0 Å². The molecule has 0 atom stereocenters. The SMILES string of the molecule is c1ccc(-c2ccc(Sc3ccc(-c4c(-c5ccccc5)cccc4-c4ccccc4)cc3)cc2)cc1. The van der Waals surface area contributed by atoms with E-state index in [0.717, 1.165) is 0 Å². The minimum Gasteiger partial charge on any atom is -0.0901 e. The van der Waals surface area contributed by atoms with Crippen molar-refractivity contribution < 1.29 is 0 Å². The van der Waals surface area contributed by atoms with Gasteiger partial charge in [-0.25, -0.2) is 0 Å². The van der Waals surface area contributed by atoms with E-state index in [9.17, 15) is 0 Å². The van der Waals surface area contributed by atoms with Crippen molar-refractivity contribution >= 4 is 11.8 Å². The molecule has 0 bridgehead atoms. The molecule has 0 nitrogen and oxygen atoms in total. The zero-order valence-corrected chi connectivity index (χ0v) is 21.2. The van der Waals surface area contributed by atoms with Gasteiger partial charge in [0.25, 0.3) is 0 Å². The Kier molecular flexibility index (Phi) is 6.70. The van der Waals surface area contributed by atoms with E-state index in [1.807, 2.05) is 0 Å². The fourth-order valence-electron chi connectivity index (χ4n) is 4.75. The highest BCUT2D eigenvalue weighted by molar-refractivity contribution is 7.99. The Labute approximate surface area is 223 Å². The van der Waals surface area contributed by atoms with E-state index < -0.39 is 0 Å². The number of hydrogen-bond donors (Lipinski definition) is 0. The fraction of sp³-hybridized carbons (Fsp3) is 0. The summed E-state index contributed by atoms with van der Waals surface area (Å²) < 4.78 is 0. The molecule has 6 rings (SSSR count). The predicted octanol–water partition coefficient (Wildman–Crippen LogP) is 10.5. The third-order valence-corrected chi connectivity index (χ3v) is 7.59. The summed E-state index contributed by atoms with van der Waals surface area (Å²) in [5.74, 6) is 0. The zero-order valence-electron chi connectivity index (χ0n) is 20.4. The number of rotatable bonds is 6. The van der Waals surface area contributed by atoms with Gasteiger partial charge >= 0.3 is 0 Å². The Balaban J connectivity index is 1.33. The van der Waals surface area contributed by atoms with Crippen LogP contribution in [-0.4, -0.2) is 0 Å². The van der Waals surface area contributed by atoms with Crippen LogP contribution in [0.2, 0.25) is 0 Å². The molecule has 0 aromatic heterocycles. The van der Waals surface area contributed by atoms with Gasteiger partial charge < -0.3 is 0 Å². The predicted molar refractivity (Wildman–Crippen MR) is 159 cm³/mol. The van der Waals surface area contributed by atoms with E-state index in [4.69, 9.17) is 0 Å². The van der Waals surface area contributed by atoms with Gasteiger partial charge in [0.1, 0.15) is 0 Å². The van der Waals surface area contributed by atoms with Gasteiger partial charge in [0.05, 0.1) is 0 Å². The monoisotopic (exact) mass is 490 g/mol. The molecule has 0 fully saturated rings. The summed E-state index contributed by atoms with van der Waals surface area (Å²) in [6.45, 7) is 0. The molecule has 0 aliphatic carbocycles. The van der Waals surface area contributed by atoms with Crippen LogP contribution in [-0.2, 0) is 0 Å². The van der Waals surface area contributed by atoms with E-state index in [-0.39, 0.29) is 0 Å². The van der Waals surface area contributed by atoms with Gasteiger partial charge in [-0.2, -0.15) is 0 Å². The lowest BCUT2D eigenvalue weighted by Gasteiger charge is -2.16. The number of benzene rings is 6. The van der Waals surface area contributed by atoms with Crippen LogP contribution < -0.4 is 0 Å². The van der Waals surface area contributed by atoms with Crippen molar-refractivity contribution in [3.63, 3.8) is 0 Å². The molecule has 0 unspecified atom stereocenters. The summed E-state index contributed by atoms with van der Waals surface area (Å²) >= 11 is 1.80. The molecule has 0 radical (unpaired) electrons.